The Kier molecular flexibility index (Phi) is 4.16. The second kappa shape index (κ2) is 6.09. The third kappa shape index (κ3) is 3.14. The smallest absolute Gasteiger partial charge is 0.178 e. The van der Waals surface area contributed by atoms with Crippen LogP contribution in [0.4, 0.5) is 0 Å². The van der Waals surface area contributed by atoms with Gasteiger partial charge in [-0.1, -0.05) is 29.8 Å². The first-order valence-electron chi connectivity index (χ1n) is 8.04. The van der Waals surface area contributed by atoms with Crippen LogP contribution in [0.3, 0.4) is 0 Å². The number of carbonyl (C=O) groups is 1. The van der Waals surface area contributed by atoms with Gasteiger partial charge in [-0.15, -0.1) is 0 Å². The van der Waals surface area contributed by atoms with E-state index in [1.165, 1.54) is 29.7 Å². The number of hydrogen-bond acceptors (Lipinski definition) is 2. The zero-order chi connectivity index (χ0) is 15.7. The molecule has 3 heteroatoms. The minimum atomic E-state index is 0.188. The number of carbonyl (C=O) groups excluding carboxylic acids is 1. The second-order valence-electron chi connectivity index (χ2n) is 6.40. The van der Waals surface area contributed by atoms with Gasteiger partial charge in [0, 0.05) is 29.5 Å². The normalized spacial score (nSPS) is 14.3. The molecular weight excluding hydrogens is 272 g/mol. The summed E-state index contributed by atoms with van der Waals surface area (Å²) in [6.07, 6.45) is 2.49. The Labute approximate surface area is 132 Å². The highest BCUT2D eigenvalue weighted by Gasteiger charge is 2.28. The number of aromatic nitrogens is 1. The molecule has 0 atom stereocenters. The van der Waals surface area contributed by atoms with Crippen LogP contribution in [-0.4, -0.2) is 16.9 Å². The summed E-state index contributed by atoms with van der Waals surface area (Å²) in [6, 6.07) is 11.0. The molecule has 1 fully saturated rings. The Morgan fingerprint density at radius 1 is 1.23 bits per heavy atom. The van der Waals surface area contributed by atoms with Crippen molar-refractivity contribution in [3.8, 4) is 0 Å². The van der Waals surface area contributed by atoms with Crippen LogP contribution in [0.2, 0.25) is 0 Å². The molecule has 1 aliphatic rings. The molecule has 1 heterocycles. The first kappa shape index (κ1) is 15.0. The molecule has 0 bridgehead atoms. The van der Waals surface area contributed by atoms with Gasteiger partial charge in [-0.3, -0.25) is 4.79 Å². The molecule has 3 nitrogen and oxygen atoms in total. The zero-order valence-corrected chi connectivity index (χ0v) is 13.6. The van der Waals surface area contributed by atoms with Crippen molar-refractivity contribution < 1.29 is 4.79 Å². The average molecular weight is 296 g/mol. The van der Waals surface area contributed by atoms with Crippen molar-refractivity contribution in [1.29, 1.82) is 0 Å². The maximum Gasteiger partial charge on any atom is 0.178 e. The number of Topliss-reactive ketones (excluding diaryl/α,β-unsaturated/α-hetero) is 1. The quantitative estimate of drug-likeness (QED) is 0.824. The molecule has 2 aromatic rings. The third-order valence-electron chi connectivity index (χ3n) is 4.39. The number of nitrogens with one attached hydrogen (secondary N) is 1. The monoisotopic (exact) mass is 296 g/mol. The standard InChI is InChI=1S/C19H24N2O/c1-13-5-4-6-16(9-13)11-20-12-19(22)18-10-14(2)21(15(18)3)17-7-8-17/h4-6,9-10,17,20H,7-8,11-12H2,1-3H3. The lowest BCUT2D eigenvalue weighted by Crippen LogP contribution is -2.23. The lowest BCUT2D eigenvalue weighted by molar-refractivity contribution is 0.0990. The van der Waals surface area contributed by atoms with Gasteiger partial charge < -0.3 is 9.88 Å². The predicted molar refractivity (Wildman–Crippen MR) is 89.4 cm³/mol. The first-order valence-corrected chi connectivity index (χ1v) is 8.04. The Morgan fingerprint density at radius 3 is 2.68 bits per heavy atom. The fourth-order valence-electron chi connectivity index (χ4n) is 3.19. The summed E-state index contributed by atoms with van der Waals surface area (Å²) >= 11 is 0. The minimum Gasteiger partial charge on any atom is -0.345 e. The van der Waals surface area contributed by atoms with Crippen LogP contribution >= 0.6 is 0 Å². The van der Waals surface area contributed by atoms with Gasteiger partial charge in [-0.05, 0) is 45.2 Å². The number of hydrogen-bond donors (Lipinski definition) is 1. The van der Waals surface area contributed by atoms with E-state index >= 15 is 0 Å². The molecule has 1 aliphatic carbocycles. The summed E-state index contributed by atoms with van der Waals surface area (Å²) in [7, 11) is 0. The SMILES string of the molecule is Cc1cccc(CNCC(=O)c2cc(C)n(C3CC3)c2C)c1. The van der Waals surface area contributed by atoms with Crippen LogP contribution in [0.15, 0.2) is 30.3 Å². The highest BCUT2D eigenvalue weighted by molar-refractivity contribution is 5.99. The van der Waals surface area contributed by atoms with Gasteiger partial charge >= 0.3 is 0 Å². The topological polar surface area (TPSA) is 34.0 Å². The van der Waals surface area contributed by atoms with Crippen LogP contribution in [0.25, 0.3) is 0 Å². The minimum absolute atomic E-state index is 0.188. The van der Waals surface area contributed by atoms with Gasteiger partial charge in [0.2, 0.25) is 0 Å². The second-order valence-corrected chi connectivity index (χ2v) is 6.40. The van der Waals surface area contributed by atoms with E-state index in [1.54, 1.807) is 0 Å². The van der Waals surface area contributed by atoms with Crippen molar-refractivity contribution in [3.63, 3.8) is 0 Å². The lowest BCUT2D eigenvalue weighted by Gasteiger charge is -2.08. The van der Waals surface area contributed by atoms with Crippen LogP contribution in [0.1, 0.15) is 51.8 Å². The number of rotatable bonds is 6. The molecule has 116 valence electrons. The summed E-state index contributed by atoms with van der Waals surface area (Å²) in [6.45, 7) is 7.38. The van der Waals surface area contributed by atoms with Crippen LogP contribution in [0.5, 0.6) is 0 Å². The molecule has 0 spiro atoms. The van der Waals surface area contributed by atoms with Crippen molar-refractivity contribution in [1.82, 2.24) is 9.88 Å². The molecular formula is C19H24N2O. The predicted octanol–water partition coefficient (Wildman–Crippen LogP) is 3.72. The van der Waals surface area contributed by atoms with Crippen LogP contribution in [-0.2, 0) is 6.54 Å². The number of ketones is 1. The van der Waals surface area contributed by atoms with E-state index in [1.807, 2.05) is 6.07 Å². The molecule has 0 radical (unpaired) electrons. The lowest BCUT2D eigenvalue weighted by atomic mass is 10.1. The molecule has 1 N–H and O–H groups in total. The third-order valence-corrected chi connectivity index (χ3v) is 4.39. The molecule has 0 saturated heterocycles. The van der Waals surface area contributed by atoms with Gasteiger partial charge in [0.05, 0.1) is 6.54 Å². The Morgan fingerprint density at radius 2 is 2.00 bits per heavy atom. The van der Waals surface area contributed by atoms with E-state index in [0.717, 1.165) is 17.8 Å². The van der Waals surface area contributed by atoms with E-state index < -0.39 is 0 Å². The van der Waals surface area contributed by atoms with Crippen molar-refractivity contribution in [2.75, 3.05) is 6.54 Å². The number of aryl methyl sites for hydroxylation is 2. The van der Waals surface area contributed by atoms with E-state index in [0.29, 0.717) is 12.6 Å². The molecule has 22 heavy (non-hydrogen) atoms. The summed E-state index contributed by atoms with van der Waals surface area (Å²) < 4.78 is 2.33. The van der Waals surface area contributed by atoms with E-state index in [2.05, 4.69) is 54.9 Å². The van der Waals surface area contributed by atoms with E-state index in [9.17, 15) is 4.79 Å². The molecule has 1 aromatic carbocycles. The van der Waals surface area contributed by atoms with Crippen LogP contribution < -0.4 is 5.32 Å². The molecule has 0 unspecified atom stereocenters. The Balaban J connectivity index is 1.61. The van der Waals surface area contributed by atoms with Gasteiger partial charge in [-0.2, -0.15) is 0 Å². The summed E-state index contributed by atoms with van der Waals surface area (Å²) in [5, 5.41) is 3.27. The molecule has 1 aromatic heterocycles. The first-order chi connectivity index (χ1) is 10.6. The van der Waals surface area contributed by atoms with Crippen molar-refractivity contribution in [3.05, 3.63) is 58.4 Å². The fraction of sp³-hybridized carbons (Fsp3) is 0.421. The number of nitrogens with zero attached hydrogens (tertiary/aromatic N) is 1. The van der Waals surface area contributed by atoms with Gasteiger partial charge in [0.15, 0.2) is 5.78 Å². The molecule has 0 aliphatic heterocycles. The summed E-state index contributed by atoms with van der Waals surface area (Å²) in [5.74, 6) is 0.188. The maximum absolute atomic E-state index is 12.5. The summed E-state index contributed by atoms with van der Waals surface area (Å²) in [4.78, 5) is 12.5. The molecule has 0 amide bonds. The molecule has 1 saturated carbocycles. The van der Waals surface area contributed by atoms with E-state index in [4.69, 9.17) is 0 Å². The van der Waals surface area contributed by atoms with E-state index in [-0.39, 0.29) is 5.78 Å². The fourth-order valence-corrected chi connectivity index (χ4v) is 3.19. The van der Waals surface area contributed by atoms with Gasteiger partial charge in [-0.25, -0.2) is 0 Å². The largest absolute Gasteiger partial charge is 0.345 e. The van der Waals surface area contributed by atoms with Crippen molar-refractivity contribution in [2.45, 2.75) is 46.2 Å². The average Bonchev–Trinajstić information content (AvgIpc) is 3.25. The highest BCUT2D eigenvalue weighted by atomic mass is 16.1. The highest BCUT2D eigenvalue weighted by Crippen LogP contribution is 2.38. The maximum atomic E-state index is 12.5. The number of benzene rings is 1. The van der Waals surface area contributed by atoms with Gasteiger partial charge in [0.25, 0.3) is 0 Å². The Bertz CT molecular complexity index is 695. The molecule has 3 rings (SSSR count). The van der Waals surface area contributed by atoms with Crippen molar-refractivity contribution in [2.24, 2.45) is 0 Å². The zero-order valence-electron chi connectivity index (χ0n) is 13.6. The van der Waals surface area contributed by atoms with Gasteiger partial charge in [0.1, 0.15) is 0 Å². The summed E-state index contributed by atoms with van der Waals surface area (Å²) in [5.41, 5.74) is 5.68. The Hall–Kier alpha value is -1.87. The van der Waals surface area contributed by atoms with Crippen molar-refractivity contribution >= 4 is 5.78 Å². The van der Waals surface area contributed by atoms with Crippen LogP contribution in [0, 0.1) is 20.8 Å².